The van der Waals surface area contributed by atoms with E-state index < -0.39 is 5.96 Å². The van der Waals surface area contributed by atoms with E-state index in [9.17, 15) is 0 Å². The minimum absolute atomic E-state index is 1.06. The third-order valence-corrected chi connectivity index (χ3v) is 12.6. The summed E-state index contributed by atoms with van der Waals surface area (Å²) < 4.78 is 0. The predicted molar refractivity (Wildman–Crippen MR) is 84.6 cm³/mol. The summed E-state index contributed by atoms with van der Waals surface area (Å²) in [4.78, 5) is 0. The summed E-state index contributed by atoms with van der Waals surface area (Å²) >= 11 is 7.07. The van der Waals surface area contributed by atoms with E-state index in [-0.39, 0.29) is 0 Å². The number of hydrogen-bond donors (Lipinski definition) is 0. The Kier molecular flexibility index (Phi) is 4.81. The van der Waals surface area contributed by atoms with E-state index in [1.54, 1.807) is 0 Å². The molecule has 0 amide bonds. The van der Waals surface area contributed by atoms with Gasteiger partial charge in [-0.1, -0.05) is 0 Å². The first kappa shape index (κ1) is 14.7. The quantitative estimate of drug-likeness (QED) is 0.591. The first-order valence-electron chi connectivity index (χ1n) is 6.43. The van der Waals surface area contributed by atoms with Crippen molar-refractivity contribution in [2.24, 2.45) is 0 Å². The molecule has 1 aromatic carbocycles. The van der Waals surface area contributed by atoms with Crippen LogP contribution >= 0.6 is 17.2 Å². The van der Waals surface area contributed by atoms with Crippen LogP contribution in [0, 0.1) is 0 Å². The zero-order chi connectivity index (χ0) is 13.0. The van der Waals surface area contributed by atoms with Crippen LogP contribution < -0.4 is 0 Å². The summed E-state index contributed by atoms with van der Waals surface area (Å²) in [5, 5.41) is 0. The Morgan fingerprint density at radius 2 is 1.53 bits per heavy atom. The molecular weight excluding hydrogens is 247 g/mol. The van der Waals surface area contributed by atoms with Gasteiger partial charge in [-0.3, -0.25) is 0 Å². The Balaban J connectivity index is 2.98. The molecule has 0 saturated carbocycles. The van der Waals surface area contributed by atoms with Crippen molar-refractivity contribution in [3.05, 3.63) is 42.0 Å². The molecule has 0 bridgehead atoms. The Bertz CT molecular complexity index is 365. The van der Waals surface area contributed by atoms with Crippen LogP contribution in [-0.4, -0.2) is 18.5 Å². The zero-order valence-electron chi connectivity index (χ0n) is 11.2. The fourth-order valence-electron chi connectivity index (χ4n) is 2.22. The van der Waals surface area contributed by atoms with Gasteiger partial charge < -0.3 is 0 Å². The van der Waals surface area contributed by atoms with Crippen LogP contribution in [0.3, 0.4) is 0 Å². The van der Waals surface area contributed by atoms with Crippen molar-refractivity contribution < 1.29 is 0 Å². The van der Waals surface area contributed by atoms with Gasteiger partial charge in [0.05, 0.1) is 0 Å². The van der Waals surface area contributed by atoms with Gasteiger partial charge in [-0.15, -0.1) is 0 Å². The molecule has 1 rings (SSSR count). The van der Waals surface area contributed by atoms with Crippen molar-refractivity contribution in [2.45, 2.75) is 26.9 Å². The molecule has 0 aliphatic heterocycles. The van der Waals surface area contributed by atoms with Gasteiger partial charge in [-0.25, -0.2) is 0 Å². The molecular formula is C15H24ClP. The van der Waals surface area contributed by atoms with Crippen molar-refractivity contribution >= 4 is 23.3 Å². The molecule has 0 atom stereocenters. The second-order valence-electron chi connectivity index (χ2n) is 4.87. The van der Waals surface area contributed by atoms with E-state index in [1.165, 1.54) is 11.1 Å². The Labute approximate surface area is 111 Å². The van der Waals surface area contributed by atoms with Gasteiger partial charge in [0, 0.05) is 0 Å². The molecule has 1 aromatic rings. The fourth-order valence-corrected chi connectivity index (χ4v) is 5.77. The van der Waals surface area contributed by atoms with E-state index in [2.05, 4.69) is 51.6 Å². The van der Waals surface area contributed by atoms with E-state index in [4.69, 9.17) is 11.2 Å². The summed E-state index contributed by atoms with van der Waals surface area (Å²) in [5.74, 6) is -2.01. The van der Waals surface area contributed by atoms with E-state index in [0.29, 0.717) is 0 Å². The van der Waals surface area contributed by atoms with E-state index >= 15 is 0 Å². The summed E-state index contributed by atoms with van der Waals surface area (Å²) in [5.41, 5.74) is 2.54. The van der Waals surface area contributed by atoms with Crippen LogP contribution in [0.25, 0.3) is 6.08 Å². The van der Waals surface area contributed by atoms with E-state index in [0.717, 1.165) is 24.6 Å². The first-order chi connectivity index (χ1) is 7.99. The fraction of sp³-hybridized carbons (Fsp3) is 0.467. The first-order valence-corrected chi connectivity index (χ1v) is 10.3. The maximum atomic E-state index is 7.07. The van der Waals surface area contributed by atoms with Crippen LogP contribution in [0.4, 0.5) is 0 Å². The number of rotatable bonds is 6. The molecule has 0 saturated heterocycles. The molecule has 0 N–H and O–H groups in total. The van der Waals surface area contributed by atoms with Crippen LogP contribution in [-0.2, 0) is 6.16 Å². The molecule has 0 nitrogen and oxygen atoms in total. The van der Waals surface area contributed by atoms with Crippen molar-refractivity contribution in [1.29, 1.82) is 0 Å². The van der Waals surface area contributed by atoms with Gasteiger partial charge in [0.2, 0.25) is 0 Å². The Hall–Kier alpha value is -0.320. The zero-order valence-corrected chi connectivity index (χ0v) is 12.9. The third kappa shape index (κ3) is 3.33. The summed E-state index contributed by atoms with van der Waals surface area (Å²) in [6.45, 7) is 10.5. The number of halogens is 1. The molecule has 0 aromatic heterocycles. The van der Waals surface area contributed by atoms with Crippen molar-refractivity contribution in [3.63, 3.8) is 0 Å². The molecule has 0 radical (unpaired) electrons. The number of benzene rings is 1. The molecule has 0 unspecified atom stereocenters. The monoisotopic (exact) mass is 270 g/mol. The van der Waals surface area contributed by atoms with Gasteiger partial charge in [0.25, 0.3) is 0 Å². The van der Waals surface area contributed by atoms with Crippen LogP contribution in [0.5, 0.6) is 0 Å². The van der Waals surface area contributed by atoms with Gasteiger partial charge in [0.1, 0.15) is 0 Å². The molecule has 0 aliphatic carbocycles. The average Bonchev–Trinajstić information content (AvgIpc) is 2.40. The van der Waals surface area contributed by atoms with Crippen molar-refractivity contribution in [3.8, 4) is 0 Å². The summed E-state index contributed by atoms with van der Waals surface area (Å²) in [6.07, 6.45) is 6.33. The second-order valence-corrected chi connectivity index (χ2v) is 13.6. The maximum absolute atomic E-state index is 7.07. The Morgan fingerprint density at radius 3 is 1.88 bits per heavy atom. The Morgan fingerprint density at radius 1 is 1.06 bits per heavy atom. The minimum atomic E-state index is -2.01. The molecule has 17 heavy (non-hydrogen) atoms. The molecule has 0 spiro atoms. The van der Waals surface area contributed by atoms with Crippen LogP contribution in [0.2, 0.25) is 0 Å². The average molecular weight is 271 g/mol. The van der Waals surface area contributed by atoms with Gasteiger partial charge in [-0.05, 0) is 0 Å². The molecule has 96 valence electrons. The molecule has 2 heteroatoms. The normalized spacial score (nSPS) is 14.0. The molecule has 0 aliphatic rings. The number of hydrogen-bond acceptors (Lipinski definition) is 0. The van der Waals surface area contributed by atoms with Gasteiger partial charge >= 0.3 is 111 Å². The third-order valence-electron chi connectivity index (χ3n) is 4.16. The SMILES string of the molecule is C=Cc1ccc(CP(Cl)(CC)(CC)CC)cc1. The van der Waals surface area contributed by atoms with Crippen LogP contribution in [0.1, 0.15) is 31.9 Å². The van der Waals surface area contributed by atoms with Gasteiger partial charge in [-0.2, -0.15) is 0 Å². The predicted octanol–water partition coefficient (Wildman–Crippen LogP) is 5.60. The van der Waals surface area contributed by atoms with Crippen LogP contribution in [0.15, 0.2) is 30.8 Å². The topological polar surface area (TPSA) is 0 Å². The van der Waals surface area contributed by atoms with Crippen molar-refractivity contribution in [1.82, 2.24) is 0 Å². The standard InChI is InChI=1S/C15H24ClP/c1-5-14-9-11-15(12-10-14)13-17(16,6-2,7-3)8-4/h5,9-12H,1,6-8,13H2,2-4H3. The van der Waals surface area contributed by atoms with Crippen molar-refractivity contribution in [2.75, 3.05) is 18.5 Å². The molecule has 0 fully saturated rings. The second kappa shape index (κ2) is 5.55. The summed E-state index contributed by atoms with van der Waals surface area (Å²) in [7, 11) is 0. The van der Waals surface area contributed by atoms with E-state index in [1.807, 2.05) is 6.08 Å². The molecule has 0 heterocycles. The van der Waals surface area contributed by atoms with Gasteiger partial charge in [0.15, 0.2) is 0 Å². The summed E-state index contributed by atoms with van der Waals surface area (Å²) in [6, 6.07) is 8.65.